The molecule has 0 aliphatic carbocycles. The van der Waals surface area contributed by atoms with Crippen LogP contribution in [0.15, 0.2) is 41.0 Å². The summed E-state index contributed by atoms with van der Waals surface area (Å²) in [4.78, 5) is 17.2. The summed E-state index contributed by atoms with van der Waals surface area (Å²) < 4.78 is 0.881. The summed E-state index contributed by atoms with van der Waals surface area (Å²) >= 11 is 3.34. The second-order valence-corrected chi connectivity index (χ2v) is 4.98. The number of amides is 1. The van der Waals surface area contributed by atoms with Crippen LogP contribution in [-0.2, 0) is 0 Å². The number of anilines is 1. The number of carbonyl (C=O) groups excluding carboxylic acids is 1. The van der Waals surface area contributed by atoms with Gasteiger partial charge in [-0.3, -0.25) is 4.79 Å². The Balaban J connectivity index is 2.35. The maximum absolute atomic E-state index is 12.4. The van der Waals surface area contributed by atoms with Gasteiger partial charge in [0.25, 0.3) is 5.91 Å². The predicted molar refractivity (Wildman–Crippen MR) is 77.0 cm³/mol. The van der Waals surface area contributed by atoms with Gasteiger partial charge in [0.05, 0.1) is 0 Å². The Morgan fingerprint density at radius 1 is 1.39 bits per heavy atom. The molecule has 18 heavy (non-hydrogen) atoms. The number of hydrogen-bond donors (Lipinski definition) is 1. The van der Waals surface area contributed by atoms with Gasteiger partial charge in [0.15, 0.2) is 0 Å². The van der Waals surface area contributed by atoms with E-state index in [1.54, 1.807) is 17.2 Å². The van der Waals surface area contributed by atoms with Crippen molar-refractivity contribution in [3.63, 3.8) is 0 Å². The monoisotopic (exact) mass is 306 g/mol. The van der Waals surface area contributed by atoms with Crippen molar-refractivity contribution in [1.82, 2.24) is 4.98 Å². The van der Waals surface area contributed by atoms with Crippen molar-refractivity contribution in [1.29, 1.82) is 0 Å². The molecule has 2 aromatic rings. The number of halogens is 1. The van der Waals surface area contributed by atoms with Gasteiger partial charge >= 0.3 is 0 Å². The molecule has 0 radical (unpaired) electrons. The summed E-state index contributed by atoms with van der Waals surface area (Å²) in [5.41, 5.74) is 2.64. The average Bonchev–Trinajstić information content (AvgIpc) is 2.79. The van der Waals surface area contributed by atoms with Crippen molar-refractivity contribution in [3.8, 4) is 0 Å². The minimum atomic E-state index is -0.0162. The normalized spacial score (nSPS) is 10.4. The van der Waals surface area contributed by atoms with Gasteiger partial charge in [-0.25, -0.2) is 0 Å². The highest BCUT2D eigenvalue weighted by Crippen LogP contribution is 2.22. The van der Waals surface area contributed by atoms with Gasteiger partial charge in [-0.15, -0.1) is 0 Å². The van der Waals surface area contributed by atoms with E-state index < -0.39 is 0 Å². The Morgan fingerprint density at radius 3 is 2.67 bits per heavy atom. The number of aryl methyl sites for hydroxylation is 1. The first-order valence-electron chi connectivity index (χ1n) is 5.85. The topological polar surface area (TPSA) is 36.1 Å². The molecule has 0 aliphatic rings. The Hall–Kier alpha value is -1.55. The zero-order chi connectivity index (χ0) is 13.1. The van der Waals surface area contributed by atoms with E-state index in [0.29, 0.717) is 12.2 Å². The standard InChI is InChI=1S/C14H15BrN2O/c1-3-17(13-7-5-4-6-10(13)2)14(18)12-8-11(15)9-16-12/h4-9,16H,3H2,1-2H3. The minimum Gasteiger partial charge on any atom is -0.356 e. The van der Waals surface area contributed by atoms with E-state index in [4.69, 9.17) is 0 Å². The summed E-state index contributed by atoms with van der Waals surface area (Å²) in [7, 11) is 0. The van der Waals surface area contributed by atoms with E-state index in [2.05, 4.69) is 20.9 Å². The number of nitrogens with one attached hydrogen (secondary N) is 1. The Morgan fingerprint density at radius 2 is 2.11 bits per heavy atom. The molecular weight excluding hydrogens is 292 g/mol. The van der Waals surface area contributed by atoms with E-state index in [-0.39, 0.29) is 5.91 Å². The highest BCUT2D eigenvalue weighted by Gasteiger charge is 2.18. The van der Waals surface area contributed by atoms with Gasteiger partial charge in [0, 0.05) is 22.9 Å². The Labute approximate surface area is 115 Å². The van der Waals surface area contributed by atoms with Crippen LogP contribution in [0.4, 0.5) is 5.69 Å². The lowest BCUT2D eigenvalue weighted by Crippen LogP contribution is -2.31. The number of aromatic nitrogens is 1. The first kappa shape index (κ1) is 12.9. The van der Waals surface area contributed by atoms with Crippen LogP contribution < -0.4 is 4.90 Å². The maximum Gasteiger partial charge on any atom is 0.274 e. The van der Waals surface area contributed by atoms with Crippen LogP contribution in [-0.4, -0.2) is 17.4 Å². The Bertz CT molecular complexity index is 562. The summed E-state index contributed by atoms with van der Waals surface area (Å²) in [5.74, 6) is -0.0162. The van der Waals surface area contributed by atoms with E-state index in [0.717, 1.165) is 15.7 Å². The lowest BCUT2D eigenvalue weighted by molar-refractivity contribution is 0.0984. The molecule has 4 heteroatoms. The van der Waals surface area contributed by atoms with Gasteiger partial charge in [0.2, 0.25) is 0 Å². The summed E-state index contributed by atoms with van der Waals surface area (Å²) in [5, 5.41) is 0. The molecule has 1 N–H and O–H groups in total. The molecule has 0 saturated carbocycles. The molecule has 0 aliphatic heterocycles. The number of benzene rings is 1. The van der Waals surface area contributed by atoms with Crippen molar-refractivity contribution in [2.24, 2.45) is 0 Å². The van der Waals surface area contributed by atoms with Crippen LogP contribution in [0, 0.1) is 6.92 Å². The van der Waals surface area contributed by atoms with Crippen LogP contribution >= 0.6 is 15.9 Å². The molecule has 0 spiro atoms. The highest BCUT2D eigenvalue weighted by molar-refractivity contribution is 9.10. The third-order valence-electron chi connectivity index (χ3n) is 2.85. The van der Waals surface area contributed by atoms with Crippen LogP contribution in [0.25, 0.3) is 0 Å². The van der Waals surface area contributed by atoms with Crippen LogP contribution in [0.1, 0.15) is 23.0 Å². The number of aromatic amines is 1. The molecule has 1 aromatic heterocycles. The third kappa shape index (κ3) is 2.48. The van der Waals surface area contributed by atoms with E-state index >= 15 is 0 Å². The summed E-state index contributed by atoms with van der Waals surface area (Å²) in [6.07, 6.45) is 1.76. The molecule has 0 fully saturated rings. The summed E-state index contributed by atoms with van der Waals surface area (Å²) in [6.45, 7) is 4.62. The summed E-state index contributed by atoms with van der Waals surface area (Å²) in [6, 6.07) is 9.69. The number of nitrogens with zero attached hydrogens (tertiary/aromatic N) is 1. The van der Waals surface area contributed by atoms with Gasteiger partial charge in [-0.05, 0) is 47.5 Å². The van der Waals surface area contributed by atoms with Crippen molar-refractivity contribution in [2.45, 2.75) is 13.8 Å². The van der Waals surface area contributed by atoms with Crippen molar-refractivity contribution in [3.05, 3.63) is 52.3 Å². The lowest BCUT2D eigenvalue weighted by Gasteiger charge is -2.22. The SMILES string of the molecule is CCN(C(=O)c1cc(Br)c[nH]1)c1ccccc1C. The zero-order valence-corrected chi connectivity index (χ0v) is 12.0. The number of carbonyl (C=O) groups is 1. The largest absolute Gasteiger partial charge is 0.356 e. The molecule has 0 bridgehead atoms. The van der Waals surface area contributed by atoms with Crippen LogP contribution in [0.5, 0.6) is 0 Å². The third-order valence-corrected chi connectivity index (χ3v) is 3.30. The van der Waals surface area contributed by atoms with Gasteiger partial charge in [-0.2, -0.15) is 0 Å². The number of rotatable bonds is 3. The number of para-hydroxylation sites is 1. The molecule has 0 saturated heterocycles. The van der Waals surface area contributed by atoms with Crippen molar-refractivity contribution in [2.75, 3.05) is 11.4 Å². The van der Waals surface area contributed by atoms with Crippen LogP contribution in [0.2, 0.25) is 0 Å². The van der Waals surface area contributed by atoms with Crippen molar-refractivity contribution >= 4 is 27.5 Å². The molecule has 94 valence electrons. The second kappa shape index (κ2) is 5.40. The predicted octanol–water partition coefficient (Wildman–Crippen LogP) is 3.75. The molecule has 0 atom stereocenters. The Kier molecular flexibility index (Phi) is 3.87. The van der Waals surface area contributed by atoms with E-state index in [9.17, 15) is 4.79 Å². The fourth-order valence-electron chi connectivity index (χ4n) is 1.93. The van der Waals surface area contributed by atoms with Crippen LogP contribution in [0.3, 0.4) is 0 Å². The smallest absolute Gasteiger partial charge is 0.274 e. The van der Waals surface area contributed by atoms with Gasteiger partial charge < -0.3 is 9.88 Å². The van der Waals surface area contributed by atoms with Gasteiger partial charge in [0.1, 0.15) is 5.69 Å². The number of hydrogen-bond acceptors (Lipinski definition) is 1. The van der Waals surface area contributed by atoms with Gasteiger partial charge in [-0.1, -0.05) is 18.2 Å². The average molecular weight is 307 g/mol. The maximum atomic E-state index is 12.4. The fourth-order valence-corrected chi connectivity index (χ4v) is 2.27. The molecule has 2 rings (SSSR count). The van der Waals surface area contributed by atoms with Crippen molar-refractivity contribution < 1.29 is 4.79 Å². The van der Waals surface area contributed by atoms with E-state index in [1.807, 2.05) is 38.1 Å². The highest BCUT2D eigenvalue weighted by atomic mass is 79.9. The minimum absolute atomic E-state index is 0.0162. The quantitative estimate of drug-likeness (QED) is 0.921. The molecule has 3 nitrogen and oxygen atoms in total. The van der Waals surface area contributed by atoms with E-state index in [1.165, 1.54) is 0 Å². The second-order valence-electron chi connectivity index (χ2n) is 4.07. The fraction of sp³-hybridized carbons (Fsp3) is 0.214. The first-order chi connectivity index (χ1) is 8.63. The zero-order valence-electron chi connectivity index (χ0n) is 10.4. The molecular formula is C14H15BrN2O. The molecule has 0 unspecified atom stereocenters. The number of H-pyrrole nitrogens is 1. The molecule has 1 aromatic carbocycles. The molecule has 1 amide bonds. The molecule has 1 heterocycles. The lowest BCUT2D eigenvalue weighted by atomic mass is 10.1. The first-order valence-corrected chi connectivity index (χ1v) is 6.64.